The molecule has 11 heteroatoms. The Hall–Kier alpha value is -3.18. The number of hydrogen-bond donors (Lipinski definition) is 4. The van der Waals surface area contributed by atoms with Crippen molar-refractivity contribution >= 4 is 29.6 Å². The van der Waals surface area contributed by atoms with Gasteiger partial charge in [0.1, 0.15) is 17.2 Å². The third-order valence-corrected chi connectivity index (χ3v) is 4.54. The smallest absolute Gasteiger partial charge is 0.408 e. The number of hydrogen-bond acceptors (Lipinski definition) is 8. The number of rotatable bonds is 9. The molecule has 0 fully saturated rings. The highest BCUT2D eigenvalue weighted by Gasteiger charge is 2.28. The number of anilines is 1. The van der Waals surface area contributed by atoms with E-state index in [0.29, 0.717) is 5.69 Å². The third-order valence-electron chi connectivity index (χ3n) is 4.54. The molecular formula is C27H43N3O8. The SMILES string of the molecule is CC(C)(C)OC[C@H](NC(=O)OC(C)(C)C)C(=O)N[C@H](CO)Cc1ccc(NC(=O)C(=O)OC(C)(C)C)cc1. The molecule has 0 spiro atoms. The van der Waals surface area contributed by atoms with E-state index in [0.717, 1.165) is 5.56 Å². The summed E-state index contributed by atoms with van der Waals surface area (Å²) in [6.45, 7) is 15.1. The molecule has 0 saturated carbocycles. The summed E-state index contributed by atoms with van der Waals surface area (Å²) in [4.78, 5) is 49.2. The molecule has 1 aromatic rings. The lowest BCUT2D eigenvalue weighted by atomic mass is 10.1. The van der Waals surface area contributed by atoms with Gasteiger partial charge in [-0.1, -0.05) is 12.1 Å². The Bertz CT molecular complexity index is 957. The molecule has 11 nitrogen and oxygen atoms in total. The number of alkyl carbamates (subject to hydrolysis) is 1. The zero-order valence-electron chi connectivity index (χ0n) is 23.9. The van der Waals surface area contributed by atoms with Crippen molar-refractivity contribution in [3.8, 4) is 0 Å². The number of aliphatic hydroxyl groups is 1. The van der Waals surface area contributed by atoms with Crippen LogP contribution in [-0.2, 0) is 35.0 Å². The van der Waals surface area contributed by atoms with Crippen molar-refractivity contribution in [1.29, 1.82) is 0 Å². The van der Waals surface area contributed by atoms with Crippen LogP contribution >= 0.6 is 0 Å². The fourth-order valence-electron chi connectivity index (χ4n) is 2.94. The summed E-state index contributed by atoms with van der Waals surface area (Å²) >= 11 is 0. The molecule has 0 heterocycles. The van der Waals surface area contributed by atoms with Crippen LogP contribution in [-0.4, -0.2) is 71.1 Å². The molecule has 214 valence electrons. The zero-order chi connectivity index (χ0) is 29.3. The number of benzene rings is 1. The van der Waals surface area contributed by atoms with Crippen LogP contribution in [0.1, 0.15) is 67.9 Å². The number of carbonyl (C=O) groups is 4. The van der Waals surface area contributed by atoms with Crippen LogP contribution in [0.4, 0.5) is 10.5 Å². The van der Waals surface area contributed by atoms with Crippen molar-refractivity contribution in [2.75, 3.05) is 18.5 Å². The largest absolute Gasteiger partial charge is 0.453 e. The van der Waals surface area contributed by atoms with Gasteiger partial charge in [-0.05, 0) is 86.4 Å². The maximum absolute atomic E-state index is 13.0. The summed E-state index contributed by atoms with van der Waals surface area (Å²) in [5.74, 6) is -2.43. The van der Waals surface area contributed by atoms with Gasteiger partial charge in [0.15, 0.2) is 0 Å². The molecule has 0 radical (unpaired) electrons. The summed E-state index contributed by atoms with van der Waals surface area (Å²) in [6, 6.07) is 4.86. The van der Waals surface area contributed by atoms with Crippen LogP contribution in [0.3, 0.4) is 0 Å². The van der Waals surface area contributed by atoms with Crippen LogP contribution in [0, 0.1) is 0 Å². The van der Waals surface area contributed by atoms with Crippen LogP contribution in [0.2, 0.25) is 0 Å². The minimum absolute atomic E-state index is 0.0984. The quantitative estimate of drug-likeness (QED) is 0.277. The molecule has 0 aliphatic heterocycles. The number of ether oxygens (including phenoxy) is 3. The topological polar surface area (TPSA) is 152 Å². The minimum Gasteiger partial charge on any atom is -0.453 e. The molecule has 0 bridgehead atoms. The first kappa shape index (κ1) is 32.8. The van der Waals surface area contributed by atoms with E-state index >= 15 is 0 Å². The lowest BCUT2D eigenvalue weighted by Crippen LogP contribution is -2.54. The highest BCUT2D eigenvalue weighted by molar-refractivity contribution is 6.37. The Morgan fingerprint density at radius 3 is 1.84 bits per heavy atom. The maximum atomic E-state index is 13.0. The van der Waals surface area contributed by atoms with Crippen LogP contribution in [0.5, 0.6) is 0 Å². The summed E-state index contributed by atoms with van der Waals surface area (Å²) in [7, 11) is 0. The molecular weight excluding hydrogens is 494 g/mol. The second-order valence-corrected chi connectivity index (χ2v) is 11.9. The molecule has 0 unspecified atom stereocenters. The van der Waals surface area contributed by atoms with E-state index in [1.807, 2.05) is 20.8 Å². The van der Waals surface area contributed by atoms with Crippen molar-refractivity contribution in [2.24, 2.45) is 0 Å². The standard InChI is InChI=1S/C27H43N3O8/c1-25(2,3)36-16-20(30-24(35)38-27(7,8)9)21(32)29-19(15-31)14-17-10-12-18(13-11-17)28-22(33)23(34)37-26(4,5)6/h10-13,19-20,31H,14-16H2,1-9H3,(H,28,33)(H,29,32)(H,30,35)/t19-,20-/m0/s1. The number of carbonyl (C=O) groups excluding carboxylic acids is 4. The molecule has 3 amide bonds. The molecule has 0 aromatic heterocycles. The van der Waals surface area contributed by atoms with Crippen LogP contribution < -0.4 is 16.0 Å². The lowest BCUT2D eigenvalue weighted by molar-refractivity contribution is -0.161. The Morgan fingerprint density at radius 1 is 0.816 bits per heavy atom. The molecule has 1 rings (SSSR count). The summed E-state index contributed by atoms with van der Waals surface area (Å²) in [5, 5.41) is 17.6. The molecule has 0 aliphatic carbocycles. The van der Waals surface area contributed by atoms with Crippen LogP contribution in [0.25, 0.3) is 0 Å². The van der Waals surface area contributed by atoms with Gasteiger partial charge in [-0.25, -0.2) is 9.59 Å². The molecule has 1 aromatic carbocycles. The summed E-state index contributed by atoms with van der Waals surface area (Å²) in [5.41, 5.74) is -0.951. The fraction of sp³-hybridized carbons (Fsp3) is 0.630. The number of aliphatic hydroxyl groups excluding tert-OH is 1. The Morgan fingerprint density at radius 2 is 1.37 bits per heavy atom. The molecule has 0 saturated heterocycles. The monoisotopic (exact) mass is 537 g/mol. The van der Waals surface area contributed by atoms with E-state index in [9.17, 15) is 24.3 Å². The number of amides is 3. The Kier molecular flexibility index (Phi) is 11.7. The number of esters is 1. The van der Waals surface area contributed by atoms with Crippen molar-refractivity contribution in [3.63, 3.8) is 0 Å². The second-order valence-electron chi connectivity index (χ2n) is 11.9. The first-order chi connectivity index (χ1) is 17.3. The lowest BCUT2D eigenvalue weighted by Gasteiger charge is -2.27. The van der Waals surface area contributed by atoms with E-state index in [1.54, 1.807) is 65.8 Å². The average Bonchev–Trinajstić information content (AvgIpc) is 2.74. The van der Waals surface area contributed by atoms with Gasteiger partial charge in [0.05, 0.1) is 24.9 Å². The van der Waals surface area contributed by atoms with E-state index < -0.39 is 52.8 Å². The van der Waals surface area contributed by atoms with Crippen molar-refractivity contribution in [3.05, 3.63) is 29.8 Å². The van der Waals surface area contributed by atoms with Crippen molar-refractivity contribution in [2.45, 2.75) is 97.6 Å². The molecule has 4 N–H and O–H groups in total. The Balaban J connectivity index is 2.82. The maximum Gasteiger partial charge on any atom is 0.408 e. The predicted octanol–water partition coefficient (Wildman–Crippen LogP) is 2.69. The molecule has 0 aliphatic rings. The highest BCUT2D eigenvalue weighted by atomic mass is 16.6. The highest BCUT2D eigenvalue weighted by Crippen LogP contribution is 2.14. The third kappa shape index (κ3) is 13.9. The van der Waals surface area contributed by atoms with E-state index in [2.05, 4.69) is 16.0 Å². The van der Waals surface area contributed by atoms with E-state index in [4.69, 9.17) is 14.2 Å². The van der Waals surface area contributed by atoms with Crippen molar-refractivity contribution < 1.29 is 38.5 Å². The second kappa shape index (κ2) is 13.6. The van der Waals surface area contributed by atoms with Crippen LogP contribution in [0.15, 0.2) is 24.3 Å². The Labute approximate surface area is 225 Å². The normalized spacial score (nSPS) is 13.6. The van der Waals surface area contributed by atoms with E-state index in [1.165, 1.54) is 0 Å². The molecule has 2 atom stereocenters. The van der Waals surface area contributed by atoms with Gasteiger partial charge in [0, 0.05) is 5.69 Å². The van der Waals surface area contributed by atoms with Gasteiger partial charge < -0.3 is 35.3 Å². The van der Waals surface area contributed by atoms with Gasteiger partial charge in [-0.3, -0.25) is 9.59 Å². The number of nitrogens with one attached hydrogen (secondary N) is 3. The molecule has 38 heavy (non-hydrogen) atoms. The predicted molar refractivity (Wildman–Crippen MR) is 142 cm³/mol. The minimum atomic E-state index is -1.05. The fourth-order valence-corrected chi connectivity index (χ4v) is 2.94. The van der Waals surface area contributed by atoms with Gasteiger partial charge >= 0.3 is 18.0 Å². The van der Waals surface area contributed by atoms with E-state index in [-0.39, 0.29) is 19.6 Å². The van der Waals surface area contributed by atoms with Gasteiger partial charge in [0.2, 0.25) is 5.91 Å². The van der Waals surface area contributed by atoms with Crippen molar-refractivity contribution in [1.82, 2.24) is 10.6 Å². The zero-order valence-corrected chi connectivity index (χ0v) is 23.9. The van der Waals surface area contributed by atoms with Gasteiger partial charge in [-0.15, -0.1) is 0 Å². The first-order valence-corrected chi connectivity index (χ1v) is 12.5. The summed E-state index contributed by atoms with van der Waals surface area (Å²) < 4.78 is 16.0. The summed E-state index contributed by atoms with van der Waals surface area (Å²) in [6.07, 6.45) is -0.498. The van der Waals surface area contributed by atoms with Gasteiger partial charge in [0.25, 0.3) is 0 Å². The first-order valence-electron chi connectivity index (χ1n) is 12.5. The average molecular weight is 538 g/mol. The van der Waals surface area contributed by atoms with Gasteiger partial charge in [-0.2, -0.15) is 0 Å².